The maximum atomic E-state index is 12.3. The van der Waals surface area contributed by atoms with Crippen LogP contribution in [0.25, 0.3) is 0 Å². The minimum Gasteiger partial charge on any atom is -0.503 e. The molecule has 0 aliphatic rings. The molecule has 2 aromatic carbocycles. The highest BCUT2D eigenvalue weighted by Gasteiger charge is 2.12. The fraction of sp³-hybridized carbons (Fsp3) is 0.118. The molecule has 0 aliphatic heterocycles. The molecule has 2 aromatic rings. The molecule has 2 rings (SSSR count). The third-order valence-corrected chi connectivity index (χ3v) is 3.74. The Morgan fingerprint density at radius 1 is 1.10 bits per heavy atom. The second-order valence-electron chi connectivity index (χ2n) is 4.45. The average Bonchev–Trinajstić information content (AvgIpc) is 2.50. The number of aryl methyl sites for hydroxylation is 1. The molecule has 0 saturated heterocycles. The van der Waals surface area contributed by atoms with Gasteiger partial charge in [-0.25, -0.2) is 0 Å². The summed E-state index contributed by atoms with van der Waals surface area (Å²) in [6.07, 6.45) is 1.46. The van der Waals surface area contributed by atoms with E-state index in [1.165, 1.54) is 25.1 Å². The monoisotopic (exact) mass is 299 g/mol. The lowest BCUT2D eigenvalue weighted by atomic mass is 10.2. The van der Waals surface area contributed by atoms with Crippen LogP contribution in [0.5, 0.6) is 0 Å². The molecule has 4 heteroatoms. The standard InChI is InChI=1S/C17H17NO2S/c1-13-8-10-14(11-9-13)18-17(19)16(12-20-2)21-15-6-4-3-5-7-15/h3-12H,1-2H3,(H,18,19)/b16-12-. The number of nitrogens with one attached hydrogen (secondary N) is 1. The zero-order valence-electron chi connectivity index (χ0n) is 12.0. The minimum atomic E-state index is -0.186. The SMILES string of the molecule is CO/C=C(\Sc1ccccc1)C(=O)Nc1ccc(C)cc1. The summed E-state index contributed by atoms with van der Waals surface area (Å²) in [7, 11) is 1.53. The van der Waals surface area contributed by atoms with Crippen LogP contribution in [0.4, 0.5) is 5.69 Å². The third-order valence-electron chi connectivity index (χ3n) is 2.73. The van der Waals surface area contributed by atoms with Crippen molar-refractivity contribution in [2.45, 2.75) is 11.8 Å². The van der Waals surface area contributed by atoms with E-state index in [4.69, 9.17) is 4.74 Å². The van der Waals surface area contributed by atoms with Crippen LogP contribution in [-0.2, 0) is 9.53 Å². The van der Waals surface area contributed by atoms with Crippen molar-refractivity contribution in [1.82, 2.24) is 0 Å². The van der Waals surface area contributed by atoms with Crippen molar-refractivity contribution in [3.05, 3.63) is 71.3 Å². The number of amides is 1. The Hall–Kier alpha value is -2.20. The van der Waals surface area contributed by atoms with Gasteiger partial charge in [-0.15, -0.1) is 0 Å². The Morgan fingerprint density at radius 3 is 2.38 bits per heavy atom. The Balaban J connectivity index is 2.09. The van der Waals surface area contributed by atoms with Crippen molar-refractivity contribution >= 4 is 23.4 Å². The Bertz CT molecular complexity index is 621. The van der Waals surface area contributed by atoms with Gasteiger partial charge in [-0.2, -0.15) is 0 Å². The normalized spacial score (nSPS) is 11.0. The van der Waals surface area contributed by atoms with Crippen LogP contribution in [0, 0.1) is 6.92 Å². The lowest BCUT2D eigenvalue weighted by Gasteiger charge is -2.09. The summed E-state index contributed by atoms with van der Waals surface area (Å²) in [4.78, 5) is 13.8. The van der Waals surface area contributed by atoms with E-state index in [0.717, 1.165) is 16.1 Å². The van der Waals surface area contributed by atoms with Gasteiger partial charge in [0.05, 0.1) is 7.11 Å². The second kappa shape index (κ2) is 7.55. The largest absolute Gasteiger partial charge is 0.503 e. The van der Waals surface area contributed by atoms with Crippen molar-refractivity contribution in [2.24, 2.45) is 0 Å². The van der Waals surface area contributed by atoms with Crippen molar-refractivity contribution in [2.75, 3.05) is 12.4 Å². The van der Waals surface area contributed by atoms with Crippen LogP contribution in [-0.4, -0.2) is 13.0 Å². The quantitative estimate of drug-likeness (QED) is 0.510. The van der Waals surface area contributed by atoms with E-state index in [9.17, 15) is 4.79 Å². The van der Waals surface area contributed by atoms with Crippen LogP contribution in [0.15, 0.2) is 70.7 Å². The second-order valence-corrected chi connectivity index (χ2v) is 5.57. The Morgan fingerprint density at radius 2 is 1.76 bits per heavy atom. The molecule has 0 aliphatic carbocycles. The van der Waals surface area contributed by atoms with Crippen LogP contribution < -0.4 is 5.32 Å². The molecule has 3 nitrogen and oxygen atoms in total. The van der Waals surface area contributed by atoms with Crippen molar-refractivity contribution in [1.29, 1.82) is 0 Å². The Labute approximate surface area is 129 Å². The van der Waals surface area contributed by atoms with Crippen molar-refractivity contribution < 1.29 is 9.53 Å². The molecular weight excluding hydrogens is 282 g/mol. The molecule has 108 valence electrons. The first-order valence-electron chi connectivity index (χ1n) is 6.53. The maximum absolute atomic E-state index is 12.3. The van der Waals surface area contributed by atoms with Gasteiger partial charge in [-0.3, -0.25) is 4.79 Å². The molecule has 1 amide bonds. The van der Waals surface area contributed by atoms with E-state index in [2.05, 4.69) is 5.32 Å². The first-order chi connectivity index (χ1) is 10.2. The number of rotatable bonds is 5. The van der Waals surface area contributed by atoms with Crippen LogP contribution in [0.3, 0.4) is 0 Å². The highest BCUT2D eigenvalue weighted by molar-refractivity contribution is 8.04. The van der Waals surface area contributed by atoms with Gasteiger partial charge < -0.3 is 10.1 Å². The highest BCUT2D eigenvalue weighted by atomic mass is 32.2. The van der Waals surface area contributed by atoms with E-state index >= 15 is 0 Å². The fourth-order valence-corrected chi connectivity index (χ4v) is 2.51. The fourth-order valence-electron chi connectivity index (χ4n) is 1.68. The predicted octanol–water partition coefficient (Wildman–Crippen LogP) is 4.21. The summed E-state index contributed by atoms with van der Waals surface area (Å²) in [6.45, 7) is 2.01. The van der Waals surface area contributed by atoms with Gasteiger partial charge in [0, 0.05) is 10.6 Å². The number of anilines is 1. The number of hydrogen-bond acceptors (Lipinski definition) is 3. The highest BCUT2D eigenvalue weighted by Crippen LogP contribution is 2.27. The van der Waals surface area contributed by atoms with Gasteiger partial charge in [-0.05, 0) is 31.2 Å². The minimum absolute atomic E-state index is 0.186. The molecule has 0 heterocycles. The first kappa shape index (κ1) is 15.2. The summed E-state index contributed by atoms with van der Waals surface area (Å²) in [5.74, 6) is -0.186. The van der Waals surface area contributed by atoms with Gasteiger partial charge in [0.25, 0.3) is 5.91 Å². The van der Waals surface area contributed by atoms with E-state index in [-0.39, 0.29) is 5.91 Å². The summed E-state index contributed by atoms with van der Waals surface area (Å²) >= 11 is 1.37. The molecule has 1 N–H and O–H groups in total. The van der Waals surface area contributed by atoms with E-state index < -0.39 is 0 Å². The molecule has 0 aromatic heterocycles. The zero-order valence-corrected chi connectivity index (χ0v) is 12.8. The van der Waals surface area contributed by atoms with E-state index in [0.29, 0.717) is 4.91 Å². The van der Waals surface area contributed by atoms with E-state index in [1.807, 2.05) is 61.5 Å². The van der Waals surface area contributed by atoms with Gasteiger partial charge in [0.1, 0.15) is 11.2 Å². The molecule has 0 spiro atoms. The number of carbonyl (C=O) groups excluding carboxylic acids is 1. The molecule has 21 heavy (non-hydrogen) atoms. The number of thioether (sulfide) groups is 1. The summed E-state index contributed by atoms with van der Waals surface area (Å²) in [5.41, 5.74) is 1.92. The molecule has 0 unspecified atom stereocenters. The number of carbonyl (C=O) groups is 1. The molecule has 0 fully saturated rings. The molecule has 0 saturated carbocycles. The van der Waals surface area contributed by atoms with Crippen molar-refractivity contribution in [3.63, 3.8) is 0 Å². The zero-order chi connectivity index (χ0) is 15.1. The lowest BCUT2D eigenvalue weighted by molar-refractivity contribution is -0.112. The van der Waals surface area contributed by atoms with Crippen LogP contribution >= 0.6 is 11.8 Å². The first-order valence-corrected chi connectivity index (χ1v) is 7.34. The summed E-state index contributed by atoms with van der Waals surface area (Å²) < 4.78 is 5.01. The summed E-state index contributed by atoms with van der Waals surface area (Å²) in [5, 5.41) is 2.87. The molecule has 0 atom stereocenters. The van der Waals surface area contributed by atoms with Gasteiger partial charge in [0.2, 0.25) is 0 Å². The number of methoxy groups -OCH3 is 1. The lowest BCUT2D eigenvalue weighted by Crippen LogP contribution is -2.13. The molecular formula is C17H17NO2S. The predicted molar refractivity (Wildman–Crippen MR) is 87.2 cm³/mol. The van der Waals surface area contributed by atoms with Crippen LogP contribution in [0.1, 0.15) is 5.56 Å². The van der Waals surface area contributed by atoms with E-state index in [1.54, 1.807) is 0 Å². The van der Waals surface area contributed by atoms with Gasteiger partial charge in [-0.1, -0.05) is 47.7 Å². The Kier molecular flexibility index (Phi) is 5.46. The smallest absolute Gasteiger partial charge is 0.265 e. The average molecular weight is 299 g/mol. The number of ether oxygens (including phenoxy) is 1. The third kappa shape index (κ3) is 4.68. The van der Waals surface area contributed by atoms with Gasteiger partial charge in [0.15, 0.2) is 0 Å². The molecule has 0 bridgehead atoms. The summed E-state index contributed by atoms with van der Waals surface area (Å²) in [6, 6.07) is 17.4. The van der Waals surface area contributed by atoms with Crippen LogP contribution in [0.2, 0.25) is 0 Å². The topological polar surface area (TPSA) is 38.3 Å². The maximum Gasteiger partial charge on any atom is 0.265 e. The van der Waals surface area contributed by atoms with Gasteiger partial charge >= 0.3 is 0 Å². The number of hydrogen-bond donors (Lipinski definition) is 1. The molecule has 0 radical (unpaired) electrons. The number of benzene rings is 2. The van der Waals surface area contributed by atoms with Crippen molar-refractivity contribution in [3.8, 4) is 0 Å².